The molecule has 0 unspecified atom stereocenters. The SMILES string of the molecule is Cc1ccn(C(=O)CN2C(=O)NC3(CCCC3)C2=O)c(=NC2CCCCC2)c1. The summed E-state index contributed by atoms with van der Waals surface area (Å²) in [4.78, 5) is 44.1. The van der Waals surface area contributed by atoms with E-state index in [-0.39, 0.29) is 24.4 Å². The van der Waals surface area contributed by atoms with Gasteiger partial charge in [0.25, 0.3) is 11.8 Å². The molecule has 0 radical (unpaired) electrons. The second-order valence-electron chi connectivity index (χ2n) is 8.36. The summed E-state index contributed by atoms with van der Waals surface area (Å²) in [6, 6.07) is 3.52. The summed E-state index contributed by atoms with van der Waals surface area (Å²) in [5.74, 6) is -0.574. The van der Waals surface area contributed by atoms with Crippen molar-refractivity contribution >= 4 is 17.8 Å². The van der Waals surface area contributed by atoms with Crippen molar-refractivity contribution < 1.29 is 14.4 Å². The summed E-state index contributed by atoms with van der Waals surface area (Å²) in [6.07, 6.45) is 10.5. The van der Waals surface area contributed by atoms with Crippen molar-refractivity contribution in [1.82, 2.24) is 14.8 Å². The Hall–Kier alpha value is -2.44. The largest absolute Gasteiger partial charge is 0.325 e. The van der Waals surface area contributed by atoms with Crippen LogP contribution in [0.5, 0.6) is 0 Å². The van der Waals surface area contributed by atoms with Crippen LogP contribution in [0.15, 0.2) is 23.3 Å². The lowest BCUT2D eigenvalue weighted by Crippen LogP contribution is -2.45. The first-order valence-corrected chi connectivity index (χ1v) is 10.4. The summed E-state index contributed by atoms with van der Waals surface area (Å²) >= 11 is 0. The van der Waals surface area contributed by atoms with Crippen LogP contribution >= 0.6 is 0 Å². The van der Waals surface area contributed by atoms with E-state index < -0.39 is 11.6 Å². The number of pyridine rings is 1. The number of hydrogen-bond acceptors (Lipinski definition) is 4. The van der Waals surface area contributed by atoms with Gasteiger partial charge in [0, 0.05) is 6.20 Å². The maximum Gasteiger partial charge on any atom is 0.325 e. The molecule has 1 aromatic heterocycles. The minimum absolute atomic E-state index is 0.230. The Labute approximate surface area is 164 Å². The van der Waals surface area contributed by atoms with Gasteiger partial charge >= 0.3 is 6.03 Å². The van der Waals surface area contributed by atoms with Crippen molar-refractivity contribution in [3.05, 3.63) is 29.4 Å². The van der Waals surface area contributed by atoms with Gasteiger partial charge in [0.2, 0.25) is 0 Å². The zero-order chi connectivity index (χ0) is 19.7. The number of hydrogen-bond donors (Lipinski definition) is 1. The molecule has 2 heterocycles. The molecule has 0 aromatic carbocycles. The minimum atomic E-state index is -0.787. The highest BCUT2D eigenvalue weighted by Gasteiger charge is 2.52. The second kappa shape index (κ2) is 7.53. The molecular formula is C21H28N4O3. The third kappa shape index (κ3) is 3.50. The fraction of sp³-hybridized carbons (Fsp3) is 0.619. The van der Waals surface area contributed by atoms with Gasteiger partial charge in [0.1, 0.15) is 17.6 Å². The number of imide groups is 1. The van der Waals surface area contributed by atoms with Gasteiger partial charge in [-0.05, 0) is 50.3 Å². The number of aromatic nitrogens is 1. The van der Waals surface area contributed by atoms with Crippen molar-refractivity contribution in [3.8, 4) is 0 Å². The van der Waals surface area contributed by atoms with Crippen molar-refractivity contribution in [2.75, 3.05) is 6.54 Å². The molecule has 7 nitrogen and oxygen atoms in total. The topological polar surface area (TPSA) is 83.8 Å². The lowest BCUT2D eigenvalue weighted by Gasteiger charge is -2.20. The van der Waals surface area contributed by atoms with Crippen LogP contribution in [0.3, 0.4) is 0 Å². The Morgan fingerprint density at radius 1 is 1.18 bits per heavy atom. The highest BCUT2D eigenvalue weighted by molar-refractivity contribution is 6.09. The second-order valence-corrected chi connectivity index (χ2v) is 8.36. The Bertz CT molecular complexity index is 861. The predicted molar refractivity (Wildman–Crippen MR) is 104 cm³/mol. The molecule has 7 heteroatoms. The first kappa shape index (κ1) is 18.9. The third-order valence-corrected chi connectivity index (χ3v) is 6.24. The molecule has 1 saturated heterocycles. The molecule has 1 spiro atoms. The Morgan fingerprint density at radius 3 is 2.61 bits per heavy atom. The molecule has 4 rings (SSSR count). The number of nitrogens with one attached hydrogen (secondary N) is 1. The molecule has 3 aliphatic rings. The number of carbonyl (C=O) groups is 3. The van der Waals surface area contributed by atoms with Gasteiger partial charge in [-0.15, -0.1) is 0 Å². The van der Waals surface area contributed by atoms with Gasteiger partial charge < -0.3 is 5.32 Å². The molecule has 28 heavy (non-hydrogen) atoms. The Kier molecular flexibility index (Phi) is 5.08. The molecule has 2 saturated carbocycles. The van der Waals surface area contributed by atoms with Crippen LogP contribution in [0.25, 0.3) is 0 Å². The smallest absolute Gasteiger partial charge is 0.323 e. The Morgan fingerprint density at radius 2 is 1.89 bits per heavy atom. The normalized spacial score (nSPS) is 22.9. The van der Waals surface area contributed by atoms with Gasteiger partial charge in [0.05, 0.1) is 6.04 Å². The van der Waals surface area contributed by atoms with Crippen molar-refractivity contribution in [1.29, 1.82) is 0 Å². The lowest BCUT2D eigenvalue weighted by atomic mass is 9.96. The average molecular weight is 384 g/mol. The van der Waals surface area contributed by atoms with Crippen molar-refractivity contribution in [3.63, 3.8) is 0 Å². The standard InChI is InChI=1S/C21H28N4O3/c1-15-9-12-24(17(13-15)22-16-7-3-2-4-8-16)18(26)14-25-19(27)21(23-20(25)28)10-5-6-11-21/h9,12-13,16H,2-8,10-11,14H2,1H3,(H,23,28). The molecule has 3 fully saturated rings. The summed E-state index contributed by atoms with van der Waals surface area (Å²) in [7, 11) is 0. The summed E-state index contributed by atoms with van der Waals surface area (Å²) in [5, 5.41) is 2.83. The number of carbonyl (C=O) groups excluding carboxylic acids is 3. The first-order valence-electron chi connectivity index (χ1n) is 10.4. The number of rotatable bonds is 3. The van der Waals surface area contributed by atoms with Crippen LogP contribution in [0, 0.1) is 6.92 Å². The zero-order valence-corrected chi connectivity index (χ0v) is 16.4. The van der Waals surface area contributed by atoms with Crippen LogP contribution in [0.1, 0.15) is 68.1 Å². The molecule has 1 aromatic rings. The summed E-state index contributed by atoms with van der Waals surface area (Å²) in [5.41, 5.74) is 0.850. The van der Waals surface area contributed by atoms with E-state index in [0.717, 1.165) is 36.1 Å². The van der Waals surface area contributed by atoms with E-state index in [2.05, 4.69) is 5.32 Å². The van der Waals surface area contributed by atoms with E-state index in [1.807, 2.05) is 19.1 Å². The molecule has 1 aliphatic heterocycles. The summed E-state index contributed by atoms with van der Waals surface area (Å²) < 4.78 is 1.49. The lowest BCUT2D eigenvalue weighted by molar-refractivity contribution is -0.130. The fourth-order valence-electron chi connectivity index (χ4n) is 4.65. The van der Waals surface area contributed by atoms with E-state index >= 15 is 0 Å². The molecule has 2 aliphatic carbocycles. The van der Waals surface area contributed by atoms with E-state index in [0.29, 0.717) is 18.3 Å². The monoisotopic (exact) mass is 384 g/mol. The molecule has 0 atom stereocenters. The van der Waals surface area contributed by atoms with Crippen LogP contribution in [-0.2, 0) is 4.79 Å². The molecule has 0 bridgehead atoms. The Balaban J connectivity index is 1.57. The van der Waals surface area contributed by atoms with Gasteiger partial charge in [-0.1, -0.05) is 32.1 Å². The number of amides is 3. The summed E-state index contributed by atoms with van der Waals surface area (Å²) in [6.45, 7) is 1.71. The molecular weight excluding hydrogens is 356 g/mol. The van der Waals surface area contributed by atoms with E-state index in [1.165, 1.54) is 23.8 Å². The van der Waals surface area contributed by atoms with Crippen LogP contribution in [0.2, 0.25) is 0 Å². The predicted octanol–water partition coefficient (Wildman–Crippen LogP) is 2.53. The van der Waals surface area contributed by atoms with Crippen LogP contribution in [-0.4, -0.2) is 45.4 Å². The number of aryl methyl sites for hydroxylation is 1. The van der Waals surface area contributed by atoms with Crippen molar-refractivity contribution in [2.45, 2.75) is 76.3 Å². The van der Waals surface area contributed by atoms with Gasteiger partial charge in [0.15, 0.2) is 0 Å². The van der Waals surface area contributed by atoms with E-state index in [4.69, 9.17) is 4.99 Å². The quantitative estimate of drug-likeness (QED) is 0.813. The van der Waals surface area contributed by atoms with Crippen molar-refractivity contribution in [2.24, 2.45) is 4.99 Å². The maximum atomic E-state index is 13.0. The minimum Gasteiger partial charge on any atom is -0.323 e. The highest BCUT2D eigenvalue weighted by Crippen LogP contribution is 2.34. The van der Waals surface area contributed by atoms with Gasteiger partial charge in [-0.2, -0.15) is 0 Å². The molecule has 1 N–H and O–H groups in total. The van der Waals surface area contributed by atoms with E-state index in [1.54, 1.807) is 6.20 Å². The van der Waals surface area contributed by atoms with Crippen LogP contribution in [0.4, 0.5) is 4.79 Å². The fourth-order valence-corrected chi connectivity index (χ4v) is 4.65. The zero-order valence-electron chi connectivity index (χ0n) is 16.4. The number of urea groups is 1. The number of nitrogens with zero attached hydrogens (tertiary/aromatic N) is 3. The van der Waals surface area contributed by atoms with Gasteiger partial charge in [-0.3, -0.25) is 24.0 Å². The highest BCUT2D eigenvalue weighted by atomic mass is 16.2. The molecule has 3 amide bonds. The third-order valence-electron chi connectivity index (χ3n) is 6.24. The van der Waals surface area contributed by atoms with Crippen LogP contribution < -0.4 is 10.8 Å². The van der Waals surface area contributed by atoms with Gasteiger partial charge in [-0.25, -0.2) is 4.79 Å². The average Bonchev–Trinajstić information content (AvgIpc) is 3.23. The maximum absolute atomic E-state index is 13.0. The molecule has 150 valence electrons. The first-order chi connectivity index (χ1) is 13.5. The van der Waals surface area contributed by atoms with E-state index in [9.17, 15) is 14.4 Å².